The summed E-state index contributed by atoms with van der Waals surface area (Å²) in [6.07, 6.45) is 0. The van der Waals surface area contributed by atoms with E-state index in [4.69, 9.17) is 24.9 Å². The van der Waals surface area contributed by atoms with Gasteiger partial charge in [-0.05, 0) is 63.3 Å². The molecule has 0 saturated heterocycles. The van der Waals surface area contributed by atoms with Crippen molar-refractivity contribution < 1.29 is 0 Å². The van der Waals surface area contributed by atoms with E-state index >= 15 is 0 Å². The van der Waals surface area contributed by atoms with Crippen LogP contribution in [0.4, 0.5) is 0 Å². The van der Waals surface area contributed by atoms with E-state index in [2.05, 4.69) is 164 Å². The molecule has 5 nitrogen and oxygen atoms in total. The van der Waals surface area contributed by atoms with Gasteiger partial charge in [0.2, 0.25) is 0 Å². The summed E-state index contributed by atoms with van der Waals surface area (Å²) in [6.45, 7) is 0. The Morgan fingerprint density at radius 3 is 1.41 bits per heavy atom. The average molecular weight is 714 g/mol. The van der Waals surface area contributed by atoms with Crippen LogP contribution in [0.3, 0.4) is 0 Å². The molecule has 0 radical (unpaired) electrons. The predicted molar refractivity (Wildman–Crippen MR) is 230 cm³/mol. The minimum Gasteiger partial charge on any atom is -0.247 e. The molecule has 5 heteroatoms. The monoisotopic (exact) mass is 713 g/mol. The highest BCUT2D eigenvalue weighted by Crippen LogP contribution is 2.39. The Balaban J connectivity index is 1.15. The van der Waals surface area contributed by atoms with Gasteiger partial charge in [0.25, 0.3) is 0 Å². The number of hydrogen-bond acceptors (Lipinski definition) is 5. The largest absolute Gasteiger partial charge is 0.247 e. The summed E-state index contributed by atoms with van der Waals surface area (Å²) in [5.74, 6) is 1.84. The lowest BCUT2D eigenvalue weighted by Crippen LogP contribution is -2.00. The van der Waals surface area contributed by atoms with Gasteiger partial charge in [-0.25, -0.2) is 24.9 Å². The fraction of sp³-hybridized carbons (Fsp3) is 0. The number of fused-ring (bicyclic) bond motifs is 7. The second-order valence-corrected chi connectivity index (χ2v) is 14.1. The SMILES string of the molecule is c1ccc(-c2ccc3ccc4c5cc(-c6nc(-c7ccc8ccccc8c7)nc(-c7ccc8ccccc8c7)n6)ccc5nc(-c5ccccc5)c4c3n2)cc1. The highest BCUT2D eigenvalue weighted by atomic mass is 15.0. The number of nitrogens with zero attached hydrogens (tertiary/aromatic N) is 5. The lowest BCUT2D eigenvalue weighted by Gasteiger charge is -2.14. The van der Waals surface area contributed by atoms with Crippen molar-refractivity contribution in [2.75, 3.05) is 0 Å². The maximum absolute atomic E-state index is 5.36. The maximum atomic E-state index is 5.36. The van der Waals surface area contributed by atoms with Gasteiger partial charge in [-0.3, -0.25) is 0 Å². The van der Waals surface area contributed by atoms with E-state index < -0.39 is 0 Å². The molecule has 8 aromatic carbocycles. The van der Waals surface area contributed by atoms with Crippen LogP contribution in [-0.2, 0) is 0 Å². The van der Waals surface area contributed by atoms with Crippen molar-refractivity contribution in [1.29, 1.82) is 0 Å². The van der Waals surface area contributed by atoms with Crippen molar-refractivity contribution in [1.82, 2.24) is 24.9 Å². The number of pyridine rings is 2. The van der Waals surface area contributed by atoms with Crippen LogP contribution in [0.15, 0.2) is 188 Å². The van der Waals surface area contributed by atoms with E-state index in [0.29, 0.717) is 17.5 Å². The lowest BCUT2D eigenvalue weighted by atomic mass is 9.96. The molecule has 0 aliphatic rings. The first-order chi connectivity index (χ1) is 27.7. The van der Waals surface area contributed by atoms with Gasteiger partial charge in [0, 0.05) is 44.0 Å². The standard InChI is InChI=1S/C51H31N5/c1-3-13-34(14-4-1)44-27-24-36-23-26-42-43-31-41(25-28-45(43)53-47(46(42)48(36)52-44)35-15-5-2-6-16-35)51-55-49(39-21-19-32-11-7-9-17-37(32)29-39)54-50(56-51)40-22-20-33-12-8-10-18-38(33)30-40/h1-31H. The van der Waals surface area contributed by atoms with Crippen LogP contribution in [0.25, 0.3) is 111 Å². The molecule has 0 spiro atoms. The van der Waals surface area contributed by atoms with Gasteiger partial charge in [0.15, 0.2) is 17.5 Å². The molecule has 0 bridgehead atoms. The predicted octanol–water partition coefficient (Wildman–Crippen LogP) is 12.8. The second kappa shape index (κ2) is 13.0. The Morgan fingerprint density at radius 2 is 0.786 bits per heavy atom. The zero-order chi connectivity index (χ0) is 37.0. The Labute approximate surface area is 322 Å². The third-order valence-corrected chi connectivity index (χ3v) is 10.6. The minimum absolute atomic E-state index is 0.596. The first-order valence-corrected chi connectivity index (χ1v) is 18.7. The maximum Gasteiger partial charge on any atom is 0.164 e. The molecule has 0 N–H and O–H groups in total. The topological polar surface area (TPSA) is 64.5 Å². The number of aromatic nitrogens is 5. The first kappa shape index (κ1) is 31.9. The molecule has 0 unspecified atom stereocenters. The third kappa shape index (κ3) is 5.53. The van der Waals surface area contributed by atoms with Crippen molar-refractivity contribution in [3.63, 3.8) is 0 Å². The fourth-order valence-corrected chi connectivity index (χ4v) is 7.81. The number of rotatable bonds is 5. The molecule has 0 aliphatic carbocycles. The molecule has 260 valence electrons. The van der Waals surface area contributed by atoms with Crippen molar-refractivity contribution in [3.8, 4) is 56.7 Å². The molecular formula is C51H31N5. The Hall–Kier alpha value is -7.63. The van der Waals surface area contributed by atoms with Gasteiger partial charge in [-0.1, -0.05) is 152 Å². The van der Waals surface area contributed by atoms with E-state index in [1.165, 1.54) is 10.8 Å². The van der Waals surface area contributed by atoms with Crippen LogP contribution in [-0.4, -0.2) is 24.9 Å². The van der Waals surface area contributed by atoms with Crippen LogP contribution >= 0.6 is 0 Å². The summed E-state index contributed by atoms with van der Waals surface area (Å²) >= 11 is 0. The quantitative estimate of drug-likeness (QED) is 0.166. The van der Waals surface area contributed by atoms with Crippen LogP contribution in [0, 0.1) is 0 Å². The van der Waals surface area contributed by atoms with E-state index in [9.17, 15) is 0 Å². The summed E-state index contributed by atoms with van der Waals surface area (Å²) in [4.78, 5) is 26.1. The van der Waals surface area contributed by atoms with Gasteiger partial charge >= 0.3 is 0 Å². The third-order valence-electron chi connectivity index (χ3n) is 10.6. The van der Waals surface area contributed by atoms with Crippen molar-refractivity contribution in [2.45, 2.75) is 0 Å². The van der Waals surface area contributed by atoms with Gasteiger partial charge in [-0.2, -0.15) is 0 Å². The molecule has 0 amide bonds. The van der Waals surface area contributed by atoms with E-state index in [1.54, 1.807) is 0 Å². The van der Waals surface area contributed by atoms with Gasteiger partial charge < -0.3 is 0 Å². The smallest absolute Gasteiger partial charge is 0.164 e. The van der Waals surface area contributed by atoms with Crippen molar-refractivity contribution in [2.24, 2.45) is 0 Å². The highest BCUT2D eigenvalue weighted by Gasteiger charge is 2.18. The zero-order valence-corrected chi connectivity index (χ0v) is 30.1. The summed E-state index contributed by atoms with van der Waals surface area (Å²) in [6, 6.07) is 65.2. The van der Waals surface area contributed by atoms with E-state index in [-0.39, 0.29) is 0 Å². The normalized spacial score (nSPS) is 11.6. The molecule has 0 saturated carbocycles. The Bertz CT molecular complexity index is 3210. The van der Waals surface area contributed by atoms with E-state index in [1.807, 2.05) is 24.3 Å². The van der Waals surface area contributed by atoms with Crippen molar-refractivity contribution >= 4 is 54.1 Å². The molecule has 56 heavy (non-hydrogen) atoms. The number of hydrogen-bond donors (Lipinski definition) is 0. The average Bonchev–Trinajstić information content (AvgIpc) is 3.28. The summed E-state index contributed by atoms with van der Waals surface area (Å²) in [7, 11) is 0. The highest BCUT2D eigenvalue weighted by molar-refractivity contribution is 6.20. The lowest BCUT2D eigenvalue weighted by molar-refractivity contribution is 1.08. The molecular weight excluding hydrogens is 683 g/mol. The molecule has 0 aliphatic heterocycles. The van der Waals surface area contributed by atoms with Gasteiger partial charge in [0.05, 0.1) is 22.4 Å². The molecule has 3 heterocycles. The molecule has 0 atom stereocenters. The Morgan fingerprint density at radius 1 is 0.286 bits per heavy atom. The van der Waals surface area contributed by atoms with Gasteiger partial charge in [-0.15, -0.1) is 0 Å². The van der Waals surface area contributed by atoms with E-state index in [0.717, 1.165) is 82.6 Å². The fourth-order valence-electron chi connectivity index (χ4n) is 7.81. The zero-order valence-electron chi connectivity index (χ0n) is 30.1. The number of benzene rings is 8. The van der Waals surface area contributed by atoms with Gasteiger partial charge in [0.1, 0.15) is 0 Å². The van der Waals surface area contributed by atoms with Crippen molar-refractivity contribution in [3.05, 3.63) is 188 Å². The molecule has 3 aromatic heterocycles. The van der Waals surface area contributed by atoms with Crippen LogP contribution < -0.4 is 0 Å². The molecule has 11 aromatic rings. The van der Waals surface area contributed by atoms with Crippen LogP contribution in [0.5, 0.6) is 0 Å². The summed E-state index contributed by atoms with van der Waals surface area (Å²) in [5.41, 5.74) is 8.49. The minimum atomic E-state index is 0.596. The summed E-state index contributed by atoms with van der Waals surface area (Å²) in [5, 5.41) is 8.75. The molecule has 11 rings (SSSR count). The first-order valence-electron chi connectivity index (χ1n) is 18.7. The summed E-state index contributed by atoms with van der Waals surface area (Å²) < 4.78 is 0. The van der Waals surface area contributed by atoms with Crippen LogP contribution in [0.1, 0.15) is 0 Å². The second-order valence-electron chi connectivity index (χ2n) is 14.1. The molecule has 0 fully saturated rings. The van der Waals surface area contributed by atoms with Crippen LogP contribution in [0.2, 0.25) is 0 Å². The Kier molecular flexibility index (Phi) is 7.42.